The second kappa shape index (κ2) is 13.9. The van der Waals surface area contributed by atoms with Crippen molar-refractivity contribution in [3.05, 3.63) is 0 Å². The van der Waals surface area contributed by atoms with Gasteiger partial charge in [-0.05, 0) is 19.8 Å². The Balaban J connectivity index is -0.000000116. The molecular formula is C9H26O12S3. The second-order valence-corrected chi connectivity index (χ2v) is 9.04. The molecule has 0 aromatic rings. The van der Waals surface area contributed by atoms with Crippen molar-refractivity contribution >= 4 is 30.4 Å². The monoisotopic (exact) mass is 422 g/mol. The first-order valence-corrected chi connectivity index (χ1v) is 11.4. The first-order chi connectivity index (χ1) is 10.1. The Hall–Kier alpha value is -0.390. The van der Waals surface area contributed by atoms with Crippen molar-refractivity contribution in [3.8, 4) is 0 Å². The molecule has 0 heterocycles. The molecule has 0 bridgehead atoms. The highest BCUT2D eigenvalue weighted by Crippen LogP contribution is 2.11. The van der Waals surface area contributed by atoms with Crippen molar-refractivity contribution in [1.29, 1.82) is 0 Å². The average Bonchev–Trinajstić information content (AvgIpc) is 2.07. The van der Waals surface area contributed by atoms with E-state index in [2.05, 4.69) is 0 Å². The molecule has 0 saturated heterocycles. The summed E-state index contributed by atoms with van der Waals surface area (Å²) in [5.41, 5.74) is -0.899. The number of aliphatic hydroxyl groups is 3. The number of hydrogen-bond donors (Lipinski definition) is 6. The molecule has 0 rings (SSSR count). The van der Waals surface area contributed by atoms with E-state index in [1.165, 1.54) is 0 Å². The van der Waals surface area contributed by atoms with E-state index < -0.39 is 36.0 Å². The van der Waals surface area contributed by atoms with Crippen LogP contribution >= 0.6 is 0 Å². The van der Waals surface area contributed by atoms with E-state index in [4.69, 9.17) is 23.9 Å². The van der Waals surface area contributed by atoms with E-state index in [1.54, 1.807) is 6.92 Å². The van der Waals surface area contributed by atoms with E-state index in [0.29, 0.717) is 31.6 Å². The lowest BCUT2D eigenvalue weighted by atomic mass is 10.00. The molecule has 12 nitrogen and oxygen atoms in total. The molecule has 0 aliphatic heterocycles. The van der Waals surface area contributed by atoms with Gasteiger partial charge in [-0.1, -0.05) is 0 Å². The molecular weight excluding hydrogens is 396 g/mol. The minimum absolute atomic E-state index is 0.0347. The fourth-order valence-corrected chi connectivity index (χ4v) is 0.607. The molecule has 0 spiro atoms. The Labute approximate surface area is 142 Å². The number of hydrogen-bond acceptors (Lipinski definition) is 9. The molecule has 0 unspecified atom stereocenters. The SMILES string of the molecule is CC(O)(CCO)CCO.CS(=O)(=O)O.CS(=O)(=O)O.CS(=O)(=O)O. The summed E-state index contributed by atoms with van der Waals surface area (Å²) in [6.07, 6.45) is 2.80. The Morgan fingerprint density at radius 2 is 0.792 bits per heavy atom. The van der Waals surface area contributed by atoms with Crippen molar-refractivity contribution in [2.75, 3.05) is 32.0 Å². The predicted octanol–water partition coefficient (Wildman–Crippen LogP) is -1.99. The molecule has 24 heavy (non-hydrogen) atoms. The number of aliphatic hydroxyl groups excluding tert-OH is 2. The molecule has 15 heteroatoms. The van der Waals surface area contributed by atoms with Crippen LogP contribution in [0.4, 0.5) is 0 Å². The van der Waals surface area contributed by atoms with E-state index in [9.17, 15) is 30.4 Å². The molecule has 0 amide bonds. The molecule has 0 aromatic heterocycles. The lowest BCUT2D eigenvalue weighted by Crippen LogP contribution is -2.26. The summed E-state index contributed by atoms with van der Waals surface area (Å²) in [7, 11) is -11.0. The first-order valence-electron chi connectivity index (χ1n) is 5.84. The van der Waals surface area contributed by atoms with E-state index in [0.717, 1.165) is 0 Å². The van der Waals surface area contributed by atoms with Gasteiger partial charge < -0.3 is 15.3 Å². The third-order valence-corrected chi connectivity index (χ3v) is 1.30. The topological polar surface area (TPSA) is 224 Å². The van der Waals surface area contributed by atoms with Gasteiger partial charge in [0.2, 0.25) is 0 Å². The van der Waals surface area contributed by atoms with Crippen LogP contribution in [-0.4, -0.2) is 91.8 Å². The third kappa shape index (κ3) is 159. The van der Waals surface area contributed by atoms with E-state index >= 15 is 0 Å². The summed E-state index contributed by atoms with van der Waals surface area (Å²) in [5, 5.41) is 26.0. The second-order valence-electron chi connectivity index (χ2n) is 4.64. The summed E-state index contributed by atoms with van der Waals surface area (Å²) >= 11 is 0. The van der Waals surface area contributed by atoms with Crippen LogP contribution in [0.1, 0.15) is 19.8 Å². The molecule has 0 radical (unpaired) electrons. The predicted molar refractivity (Wildman–Crippen MR) is 86.4 cm³/mol. The maximum absolute atomic E-state index is 9.19. The minimum atomic E-state index is -3.67. The van der Waals surface area contributed by atoms with E-state index in [-0.39, 0.29) is 13.2 Å². The van der Waals surface area contributed by atoms with E-state index in [1.807, 2.05) is 0 Å². The molecule has 6 N–H and O–H groups in total. The Bertz CT molecular complexity index is 484. The van der Waals surface area contributed by atoms with Crippen LogP contribution < -0.4 is 0 Å². The fourth-order valence-electron chi connectivity index (χ4n) is 0.607. The normalized spacial score (nSPS) is 11.8. The van der Waals surface area contributed by atoms with Crippen molar-refractivity contribution in [2.45, 2.75) is 25.4 Å². The van der Waals surface area contributed by atoms with Gasteiger partial charge in [0.15, 0.2) is 0 Å². The molecule has 0 aromatic carbocycles. The lowest BCUT2D eigenvalue weighted by Gasteiger charge is -2.20. The van der Waals surface area contributed by atoms with Gasteiger partial charge in [0.05, 0.1) is 24.4 Å². The third-order valence-electron chi connectivity index (χ3n) is 1.30. The quantitative estimate of drug-likeness (QED) is 0.271. The van der Waals surface area contributed by atoms with Gasteiger partial charge in [-0.25, -0.2) is 0 Å². The maximum Gasteiger partial charge on any atom is 0.261 e. The van der Waals surface area contributed by atoms with Crippen LogP contribution in [0.25, 0.3) is 0 Å². The van der Waals surface area contributed by atoms with Gasteiger partial charge in [0.1, 0.15) is 0 Å². The average molecular weight is 422 g/mol. The van der Waals surface area contributed by atoms with Crippen LogP contribution in [-0.2, 0) is 30.4 Å². The molecule has 0 saturated carbocycles. The molecule has 0 aliphatic rings. The largest absolute Gasteiger partial charge is 0.396 e. The highest BCUT2D eigenvalue weighted by Gasteiger charge is 2.17. The van der Waals surface area contributed by atoms with Gasteiger partial charge >= 0.3 is 0 Å². The van der Waals surface area contributed by atoms with Crippen molar-refractivity contribution in [3.63, 3.8) is 0 Å². The van der Waals surface area contributed by atoms with Gasteiger partial charge in [0, 0.05) is 13.2 Å². The van der Waals surface area contributed by atoms with Crippen LogP contribution in [0.2, 0.25) is 0 Å². The molecule has 152 valence electrons. The number of rotatable bonds is 4. The smallest absolute Gasteiger partial charge is 0.261 e. The molecule has 0 aliphatic carbocycles. The Morgan fingerprint density at radius 3 is 0.875 bits per heavy atom. The lowest BCUT2D eigenvalue weighted by molar-refractivity contribution is 0.0116. The minimum Gasteiger partial charge on any atom is -0.396 e. The summed E-state index contributed by atoms with van der Waals surface area (Å²) in [5.74, 6) is 0. The highest BCUT2D eigenvalue weighted by atomic mass is 32.2. The van der Waals surface area contributed by atoms with Gasteiger partial charge in [-0.3, -0.25) is 13.7 Å². The van der Waals surface area contributed by atoms with Gasteiger partial charge in [0.25, 0.3) is 30.4 Å². The summed E-state index contributed by atoms with van der Waals surface area (Å²) in [6.45, 7) is 1.53. The van der Waals surface area contributed by atoms with Crippen LogP contribution in [0.3, 0.4) is 0 Å². The van der Waals surface area contributed by atoms with Gasteiger partial charge in [-0.2, -0.15) is 25.3 Å². The summed E-state index contributed by atoms with van der Waals surface area (Å²) < 4.78 is 77.6. The van der Waals surface area contributed by atoms with Crippen LogP contribution in [0.5, 0.6) is 0 Å². The molecule has 0 fully saturated rings. The zero-order valence-corrected chi connectivity index (χ0v) is 16.1. The maximum atomic E-state index is 9.19. The Kier molecular flexibility index (Phi) is 18.1. The zero-order valence-electron chi connectivity index (χ0n) is 13.7. The summed E-state index contributed by atoms with van der Waals surface area (Å²) in [6, 6.07) is 0. The van der Waals surface area contributed by atoms with Crippen LogP contribution in [0, 0.1) is 0 Å². The Morgan fingerprint density at radius 1 is 0.667 bits per heavy atom. The zero-order chi connectivity index (χ0) is 20.8. The van der Waals surface area contributed by atoms with Crippen molar-refractivity contribution < 1.29 is 54.2 Å². The fraction of sp³-hybridized carbons (Fsp3) is 1.00. The van der Waals surface area contributed by atoms with Crippen molar-refractivity contribution in [1.82, 2.24) is 0 Å². The standard InChI is InChI=1S/C6H14O3.3CH4O3S/c1-6(9,2-4-7)3-5-8;3*1-5(2,3)4/h7-9H,2-5H2,1H3;3*1H3,(H,2,3,4). The van der Waals surface area contributed by atoms with Crippen molar-refractivity contribution in [2.24, 2.45) is 0 Å². The van der Waals surface area contributed by atoms with Crippen LogP contribution in [0.15, 0.2) is 0 Å². The highest BCUT2D eigenvalue weighted by molar-refractivity contribution is 7.85. The molecule has 0 atom stereocenters. The van der Waals surface area contributed by atoms with Gasteiger partial charge in [-0.15, -0.1) is 0 Å². The first kappa shape index (κ1) is 31.4. The summed E-state index contributed by atoms with van der Waals surface area (Å²) in [4.78, 5) is 0.